The molecule has 1 aromatic rings. The molecule has 1 heterocycles. The van der Waals surface area contributed by atoms with Gasteiger partial charge >= 0.3 is 11.9 Å². The third-order valence-corrected chi connectivity index (χ3v) is 4.21. The van der Waals surface area contributed by atoms with Gasteiger partial charge in [0.25, 0.3) is 0 Å². The van der Waals surface area contributed by atoms with Crippen LogP contribution in [0.3, 0.4) is 0 Å². The molecule has 0 saturated carbocycles. The van der Waals surface area contributed by atoms with E-state index in [4.69, 9.17) is 30.3 Å². The number of rotatable bonds is 4. The summed E-state index contributed by atoms with van der Waals surface area (Å²) in [6, 6.07) is 10.8. The van der Waals surface area contributed by atoms with Gasteiger partial charge in [0.05, 0.1) is 5.60 Å². The predicted molar refractivity (Wildman–Crippen MR) is 90.8 cm³/mol. The number of hydrogen-bond donors (Lipinski definition) is 3. The number of ether oxygens (including phenoxy) is 1. The molecule has 6 heteroatoms. The molecule has 1 aromatic carbocycles. The van der Waals surface area contributed by atoms with E-state index in [-0.39, 0.29) is 5.60 Å². The largest absolute Gasteiger partial charge is 0.473 e. The molecule has 1 saturated heterocycles. The molecule has 1 unspecified atom stereocenters. The van der Waals surface area contributed by atoms with Crippen molar-refractivity contribution in [3.05, 3.63) is 35.9 Å². The van der Waals surface area contributed by atoms with Crippen molar-refractivity contribution >= 4 is 11.9 Å². The third kappa shape index (κ3) is 6.68. The predicted octanol–water partition coefficient (Wildman–Crippen LogP) is 2.31. The lowest BCUT2D eigenvalue weighted by atomic mass is 9.68. The average molecular weight is 337 g/mol. The number of nitrogens with two attached hydrogens (primary N) is 1. The lowest BCUT2D eigenvalue weighted by Gasteiger charge is -2.45. The van der Waals surface area contributed by atoms with Gasteiger partial charge in [0.2, 0.25) is 0 Å². The second-order valence-electron chi connectivity index (χ2n) is 6.85. The number of carboxylic acid groups (broad SMARTS) is 2. The number of benzene rings is 1. The zero-order valence-electron chi connectivity index (χ0n) is 14.3. The topological polar surface area (TPSA) is 110 Å². The summed E-state index contributed by atoms with van der Waals surface area (Å²) in [5.74, 6) is -3.65. The summed E-state index contributed by atoms with van der Waals surface area (Å²) in [4.78, 5) is 18.2. The van der Waals surface area contributed by atoms with Crippen molar-refractivity contribution in [2.45, 2.75) is 45.1 Å². The Morgan fingerprint density at radius 2 is 1.75 bits per heavy atom. The molecule has 4 N–H and O–H groups in total. The molecule has 1 fully saturated rings. The molecule has 0 amide bonds. The molecule has 0 bridgehead atoms. The Labute approximate surface area is 142 Å². The van der Waals surface area contributed by atoms with Crippen LogP contribution in [-0.2, 0) is 20.7 Å². The van der Waals surface area contributed by atoms with Crippen LogP contribution in [0.2, 0.25) is 0 Å². The molecule has 1 aliphatic heterocycles. The zero-order chi connectivity index (χ0) is 18.2. The van der Waals surface area contributed by atoms with Gasteiger partial charge in [0.15, 0.2) is 0 Å². The van der Waals surface area contributed by atoms with Crippen LogP contribution in [0, 0.1) is 5.41 Å². The molecule has 2 rings (SSSR count). The van der Waals surface area contributed by atoms with Crippen LogP contribution < -0.4 is 5.73 Å². The van der Waals surface area contributed by atoms with E-state index in [0.717, 1.165) is 38.8 Å². The maximum absolute atomic E-state index is 9.10. The van der Waals surface area contributed by atoms with E-state index in [1.807, 2.05) is 0 Å². The van der Waals surface area contributed by atoms with Crippen LogP contribution in [0.5, 0.6) is 0 Å². The molecule has 6 nitrogen and oxygen atoms in total. The molecule has 0 radical (unpaired) electrons. The number of carboxylic acids is 2. The highest BCUT2D eigenvalue weighted by Gasteiger charge is 2.40. The summed E-state index contributed by atoms with van der Waals surface area (Å²) in [5.41, 5.74) is 7.57. The smallest absolute Gasteiger partial charge is 0.414 e. The first kappa shape index (κ1) is 20.1. The minimum Gasteiger partial charge on any atom is -0.473 e. The Kier molecular flexibility index (Phi) is 7.38. The molecule has 1 aliphatic rings. The molecular weight excluding hydrogens is 310 g/mol. The van der Waals surface area contributed by atoms with E-state index in [1.54, 1.807) is 0 Å². The Bertz CT molecular complexity index is 528. The van der Waals surface area contributed by atoms with Crippen LogP contribution in [0.1, 0.15) is 38.7 Å². The fraction of sp³-hybridized carbons (Fsp3) is 0.556. The molecule has 134 valence electrons. The van der Waals surface area contributed by atoms with Gasteiger partial charge in [-0.25, -0.2) is 9.59 Å². The van der Waals surface area contributed by atoms with Gasteiger partial charge < -0.3 is 20.7 Å². The normalized spacial score (nSPS) is 22.1. The van der Waals surface area contributed by atoms with Crippen molar-refractivity contribution in [2.75, 3.05) is 13.2 Å². The fourth-order valence-electron chi connectivity index (χ4n) is 3.37. The van der Waals surface area contributed by atoms with Gasteiger partial charge in [0, 0.05) is 6.61 Å². The molecular formula is C18H27NO5. The molecule has 0 spiro atoms. The molecule has 0 aliphatic carbocycles. The van der Waals surface area contributed by atoms with Crippen LogP contribution >= 0.6 is 0 Å². The van der Waals surface area contributed by atoms with E-state index >= 15 is 0 Å². The van der Waals surface area contributed by atoms with E-state index in [9.17, 15) is 0 Å². The average Bonchev–Trinajstić information content (AvgIpc) is 2.47. The number of hydrogen-bond acceptors (Lipinski definition) is 4. The summed E-state index contributed by atoms with van der Waals surface area (Å²) in [5, 5.41) is 14.8. The second-order valence-corrected chi connectivity index (χ2v) is 6.85. The van der Waals surface area contributed by atoms with Crippen LogP contribution in [0.4, 0.5) is 0 Å². The van der Waals surface area contributed by atoms with Crippen molar-refractivity contribution in [2.24, 2.45) is 11.1 Å². The second kappa shape index (κ2) is 8.80. The maximum Gasteiger partial charge on any atom is 0.414 e. The lowest BCUT2D eigenvalue weighted by Crippen LogP contribution is -2.43. The highest BCUT2D eigenvalue weighted by molar-refractivity contribution is 6.27. The van der Waals surface area contributed by atoms with Crippen LogP contribution in [-0.4, -0.2) is 40.9 Å². The highest BCUT2D eigenvalue weighted by Crippen LogP contribution is 2.43. The van der Waals surface area contributed by atoms with Crippen molar-refractivity contribution < 1.29 is 24.5 Å². The van der Waals surface area contributed by atoms with Gasteiger partial charge in [-0.2, -0.15) is 0 Å². The summed E-state index contributed by atoms with van der Waals surface area (Å²) in [6.45, 7) is 6.02. The van der Waals surface area contributed by atoms with E-state index in [2.05, 4.69) is 44.2 Å². The zero-order valence-corrected chi connectivity index (χ0v) is 14.3. The maximum atomic E-state index is 9.10. The standard InChI is InChI=1S/C16H25NO.C2H2O4/c1-15(2)13-16(8-10-17,9-11-18-15)12-14-6-4-3-5-7-14;3-1(4)2(5)6/h3-7H,8-13,17H2,1-2H3;(H,3,4)(H,5,6). The van der Waals surface area contributed by atoms with Crippen molar-refractivity contribution in [1.82, 2.24) is 0 Å². The summed E-state index contributed by atoms with van der Waals surface area (Å²) >= 11 is 0. The van der Waals surface area contributed by atoms with Crippen molar-refractivity contribution in [1.29, 1.82) is 0 Å². The van der Waals surface area contributed by atoms with Gasteiger partial charge in [-0.3, -0.25) is 0 Å². The molecule has 24 heavy (non-hydrogen) atoms. The SMILES string of the molecule is CC1(C)CC(CCN)(Cc2ccccc2)CCO1.O=C(O)C(=O)O. The fourth-order valence-corrected chi connectivity index (χ4v) is 3.37. The molecule has 1 atom stereocenters. The Hall–Kier alpha value is -1.92. The Balaban J connectivity index is 0.000000413. The van der Waals surface area contributed by atoms with Gasteiger partial charge in [-0.1, -0.05) is 30.3 Å². The minimum atomic E-state index is -1.82. The number of aliphatic carboxylic acids is 2. The van der Waals surface area contributed by atoms with Gasteiger partial charge in [-0.05, 0) is 57.1 Å². The Morgan fingerprint density at radius 1 is 1.17 bits per heavy atom. The quantitative estimate of drug-likeness (QED) is 0.727. The minimum absolute atomic E-state index is 0.0117. The first-order valence-corrected chi connectivity index (χ1v) is 8.04. The summed E-state index contributed by atoms with van der Waals surface area (Å²) in [7, 11) is 0. The van der Waals surface area contributed by atoms with Crippen molar-refractivity contribution in [3.8, 4) is 0 Å². The van der Waals surface area contributed by atoms with Crippen LogP contribution in [0.15, 0.2) is 30.3 Å². The Morgan fingerprint density at radius 3 is 2.21 bits per heavy atom. The third-order valence-electron chi connectivity index (χ3n) is 4.21. The molecule has 0 aromatic heterocycles. The van der Waals surface area contributed by atoms with Gasteiger partial charge in [0.1, 0.15) is 0 Å². The van der Waals surface area contributed by atoms with E-state index in [0.29, 0.717) is 5.41 Å². The first-order valence-electron chi connectivity index (χ1n) is 8.04. The lowest BCUT2D eigenvalue weighted by molar-refractivity contribution is -0.159. The van der Waals surface area contributed by atoms with Crippen LogP contribution in [0.25, 0.3) is 0 Å². The summed E-state index contributed by atoms with van der Waals surface area (Å²) < 4.78 is 5.86. The monoisotopic (exact) mass is 337 g/mol. The first-order chi connectivity index (χ1) is 11.2. The summed E-state index contributed by atoms with van der Waals surface area (Å²) in [6.07, 6.45) is 4.45. The number of carbonyl (C=O) groups is 2. The van der Waals surface area contributed by atoms with E-state index < -0.39 is 11.9 Å². The highest BCUT2D eigenvalue weighted by atomic mass is 16.5. The van der Waals surface area contributed by atoms with Gasteiger partial charge in [-0.15, -0.1) is 0 Å². The van der Waals surface area contributed by atoms with E-state index in [1.165, 1.54) is 5.56 Å². The van der Waals surface area contributed by atoms with Crippen molar-refractivity contribution in [3.63, 3.8) is 0 Å².